The summed E-state index contributed by atoms with van der Waals surface area (Å²) in [6.45, 7) is 0.519. The van der Waals surface area contributed by atoms with Crippen molar-refractivity contribution in [3.63, 3.8) is 0 Å². The first kappa shape index (κ1) is 21.1. The van der Waals surface area contributed by atoms with Gasteiger partial charge in [-0.05, 0) is 18.4 Å². The quantitative estimate of drug-likeness (QED) is 0.484. The Morgan fingerprint density at radius 2 is 1.54 bits per heavy atom. The summed E-state index contributed by atoms with van der Waals surface area (Å²) >= 11 is 0. The molecule has 7 heteroatoms. The highest BCUT2D eigenvalue weighted by molar-refractivity contribution is 6.03. The molecular formula is C21H26N2O5. The van der Waals surface area contributed by atoms with Gasteiger partial charge in [-0.2, -0.15) is 0 Å². The Balaban J connectivity index is 1.82. The van der Waals surface area contributed by atoms with Crippen LogP contribution in [0.25, 0.3) is 0 Å². The smallest absolute Gasteiger partial charge is 0.233 e. The summed E-state index contributed by atoms with van der Waals surface area (Å²) in [7, 11) is 4.48. The van der Waals surface area contributed by atoms with Gasteiger partial charge in [0.05, 0.1) is 21.3 Å². The lowest BCUT2D eigenvalue weighted by molar-refractivity contribution is -0.126. The first-order valence-electron chi connectivity index (χ1n) is 8.97. The van der Waals surface area contributed by atoms with Gasteiger partial charge in [-0.25, -0.2) is 0 Å². The minimum absolute atomic E-state index is 0.262. The third kappa shape index (κ3) is 6.19. The van der Waals surface area contributed by atoms with Gasteiger partial charge in [-0.15, -0.1) is 0 Å². The minimum Gasteiger partial charge on any atom is -0.493 e. The molecule has 0 aliphatic heterocycles. The van der Waals surface area contributed by atoms with E-state index in [0.29, 0.717) is 29.5 Å². The largest absolute Gasteiger partial charge is 0.493 e. The Bertz CT molecular complexity index is 768. The number of carbonyl (C=O) groups is 2. The summed E-state index contributed by atoms with van der Waals surface area (Å²) in [5.74, 6) is 0.525. The minimum atomic E-state index is -0.421. The summed E-state index contributed by atoms with van der Waals surface area (Å²) in [5, 5.41) is 5.44. The maximum Gasteiger partial charge on any atom is 0.233 e. The average Bonchev–Trinajstić information content (AvgIpc) is 2.71. The average molecular weight is 386 g/mol. The van der Waals surface area contributed by atoms with Gasteiger partial charge >= 0.3 is 0 Å². The molecule has 2 aromatic carbocycles. The van der Waals surface area contributed by atoms with Crippen LogP contribution in [0, 0.1) is 0 Å². The van der Waals surface area contributed by atoms with Crippen LogP contribution in [0.1, 0.15) is 18.4 Å². The van der Waals surface area contributed by atoms with Gasteiger partial charge in [0.25, 0.3) is 0 Å². The van der Waals surface area contributed by atoms with Gasteiger partial charge in [-0.3, -0.25) is 9.59 Å². The van der Waals surface area contributed by atoms with E-state index in [0.717, 1.165) is 12.8 Å². The number of carbonyl (C=O) groups excluding carboxylic acids is 2. The summed E-state index contributed by atoms with van der Waals surface area (Å²) < 4.78 is 15.7. The van der Waals surface area contributed by atoms with E-state index < -0.39 is 5.91 Å². The van der Waals surface area contributed by atoms with Crippen LogP contribution >= 0.6 is 0 Å². The third-order valence-electron chi connectivity index (χ3n) is 4.08. The van der Waals surface area contributed by atoms with E-state index in [1.807, 2.05) is 30.3 Å². The van der Waals surface area contributed by atoms with E-state index in [-0.39, 0.29) is 12.3 Å². The molecule has 0 radical (unpaired) electrons. The van der Waals surface area contributed by atoms with Gasteiger partial charge < -0.3 is 24.8 Å². The molecule has 0 aliphatic rings. The fourth-order valence-corrected chi connectivity index (χ4v) is 2.73. The molecule has 2 N–H and O–H groups in total. The number of amides is 2. The number of nitrogens with one attached hydrogen (secondary N) is 2. The SMILES string of the molecule is COc1cc(NC(=O)CC(=O)NCCCc2ccccc2)cc(OC)c1OC. The van der Waals surface area contributed by atoms with Gasteiger partial charge in [0.1, 0.15) is 6.42 Å². The van der Waals surface area contributed by atoms with E-state index in [2.05, 4.69) is 10.6 Å². The summed E-state index contributed by atoms with van der Waals surface area (Å²) in [6.07, 6.45) is 1.42. The predicted octanol–water partition coefficient (Wildman–Crippen LogP) is 2.79. The molecule has 2 amide bonds. The van der Waals surface area contributed by atoms with E-state index in [4.69, 9.17) is 14.2 Å². The van der Waals surface area contributed by atoms with Crippen LogP contribution < -0.4 is 24.8 Å². The Morgan fingerprint density at radius 3 is 2.11 bits per heavy atom. The lowest BCUT2D eigenvalue weighted by Crippen LogP contribution is -2.29. The molecule has 0 fully saturated rings. The first-order chi connectivity index (χ1) is 13.6. The molecule has 7 nitrogen and oxygen atoms in total. The van der Waals surface area contributed by atoms with Crippen molar-refractivity contribution in [1.29, 1.82) is 0 Å². The topological polar surface area (TPSA) is 85.9 Å². The van der Waals surface area contributed by atoms with Crippen LogP contribution in [0.5, 0.6) is 17.2 Å². The van der Waals surface area contributed by atoms with E-state index in [1.165, 1.54) is 26.9 Å². The zero-order valence-electron chi connectivity index (χ0n) is 16.4. The lowest BCUT2D eigenvalue weighted by atomic mass is 10.1. The van der Waals surface area contributed by atoms with Crippen molar-refractivity contribution < 1.29 is 23.8 Å². The van der Waals surface area contributed by atoms with Gasteiger partial charge in [0.2, 0.25) is 17.6 Å². The maximum absolute atomic E-state index is 12.1. The van der Waals surface area contributed by atoms with Crippen LogP contribution in [0.15, 0.2) is 42.5 Å². The first-order valence-corrected chi connectivity index (χ1v) is 8.97. The molecule has 0 unspecified atom stereocenters. The molecule has 0 saturated heterocycles. The van der Waals surface area contributed by atoms with E-state index >= 15 is 0 Å². The zero-order chi connectivity index (χ0) is 20.4. The summed E-state index contributed by atoms with van der Waals surface area (Å²) in [4.78, 5) is 24.1. The molecule has 0 heterocycles. The van der Waals surface area contributed by atoms with Crippen molar-refractivity contribution in [2.45, 2.75) is 19.3 Å². The number of benzene rings is 2. The Labute approximate surface area is 165 Å². The van der Waals surface area contributed by atoms with E-state index in [9.17, 15) is 9.59 Å². The second kappa shape index (κ2) is 10.8. The molecule has 0 atom stereocenters. The van der Waals surface area contributed by atoms with Crippen LogP contribution in [0.4, 0.5) is 5.69 Å². The number of aryl methyl sites for hydroxylation is 1. The molecule has 0 saturated carbocycles. The number of hydrogen-bond donors (Lipinski definition) is 2. The fraction of sp³-hybridized carbons (Fsp3) is 0.333. The molecule has 0 aliphatic carbocycles. The second-order valence-corrected chi connectivity index (χ2v) is 6.08. The molecule has 0 aromatic heterocycles. The molecular weight excluding hydrogens is 360 g/mol. The van der Waals surface area contributed by atoms with Crippen LogP contribution in [-0.4, -0.2) is 39.7 Å². The molecule has 28 heavy (non-hydrogen) atoms. The highest BCUT2D eigenvalue weighted by Crippen LogP contribution is 2.39. The molecule has 0 bridgehead atoms. The molecule has 2 aromatic rings. The lowest BCUT2D eigenvalue weighted by Gasteiger charge is -2.14. The van der Waals surface area contributed by atoms with Crippen molar-refractivity contribution in [2.24, 2.45) is 0 Å². The predicted molar refractivity (Wildman–Crippen MR) is 107 cm³/mol. The van der Waals surface area contributed by atoms with Crippen molar-refractivity contribution in [2.75, 3.05) is 33.2 Å². The zero-order valence-corrected chi connectivity index (χ0v) is 16.4. The number of ether oxygens (including phenoxy) is 3. The van der Waals surface area contributed by atoms with Crippen molar-refractivity contribution in [1.82, 2.24) is 5.32 Å². The van der Waals surface area contributed by atoms with Crippen LogP contribution in [-0.2, 0) is 16.0 Å². The highest BCUT2D eigenvalue weighted by atomic mass is 16.5. The molecule has 150 valence electrons. The maximum atomic E-state index is 12.1. The molecule has 2 rings (SSSR count). The highest BCUT2D eigenvalue weighted by Gasteiger charge is 2.15. The van der Waals surface area contributed by atoms with Crippen LogP contribution in [0.3, 0.4) is 0 Å². The van der Waals surface area contributed by atoms with Crippen LogP contribution in [0.2, 0.25) is 0 Å². The number of hydrogen-bond acceptors (Lipinski definition) is 5. The number of anilines is 1. The Hall–Kier alpha value is -3.22. The number of rotatable bonds is 10. The molecule has 0 spiro atoms. The monoisotopic (exact) mass is 386 g/mol. The van der Waals surface area contributed by atoms with Crippen molar-refractivity contribution in [3.8, 4) is 17.2 Å². The Morgan fingerprint density at radius 1 is 0.893 bits per heavy atom. The normalized spacial score (nSPS) is 10.1. The number of methoxy groups -OCH3 is 3. The van der Waals surface area contributed by atoms with E-state index in [1.54, 1.807) is 12.1 Å². The summed E-state index contributed by atoms with van der Waals surface area (Å²) in [5.41, 5.74) is 1.67. The summed E-state index contributed by atoms with van der Waals surface area (Å²) in [6, 6.07) is 13.3. The van der Waals surface area contributed by atoms with Crippen molar-refractivity contribution >= 4 is 17.5 Å². The van der Waals surface area contributed by atoms with Gasteiger partial charge in [0, 0.05) is 24.4 Å². The van der Waals surface area contributed by atoms with Crippen molar-refractivity contribution in [3.05, 3.63) is 48.0 Å². The standard InChI is InChI=1S/C21H26N2O5/c1-26-17-12-16(13-18(27-2)21(17)28-3)23-20(25)14-19(24)22-11-7-10-15-8-5-4-6-9-15/h4-6,8-9,12-13H,7,10-11,14H2,1-3H3,(H,22,24)(H,23,25). The van der Waals surface area contributed by atoms with Gasteiger partial charge in [-0.1, -0.05) is 30.3 Å². The Kier molecular flexibility index (Phi) is 8.14. The fourth-order valence-electron chi connectivity index (χ4n) is 2.73. The third-order valence-corrected chi connectivity index (χ3v) is 4.08. The second-order valence-electron chi connectivity index (χ2n) is 6.08. The van der Waals surface area contributed by atoms with Gasteiger partial charge in [0.15, 0.2) is 11.5 Å².